The fraction of sp³-hybridized carbons (Fsp3) is 0.273. The second kappa shape index (κ2) is 3.77. The lowest BCUT2D eigenvalue weighted by atomic mass is 10.3. The molecule has 0 radical (unpaired) electrons. The van der Waals surface area contributed by atoms with Crippen LogP contribution < -0.4 is 0 Å². The van der Waals surface area contributed by atoms with E-state index in [9.17, 15) is 8.78 Å². The Bertz CT molecular complexity index is 558. The molecule has 1 aromatic heterocycles. The van der Waals surface area contributed by atoms with Crippen molar-refractivity contribution < 1.29 is 8.78 Å². The van der Waals surface area contributed by atoms with Crippen LogP contribution in [0.1, 0.15) is 24.6 Å². The smallest absolute Gasteiger partial charge is 0.229 e. The summed E-state index contributed by atoms with van der Waals surface area (Å²) in [6.07, 6.45) is 2.01. The van der Waals surface area contributed by atoms with Crippen molar-refractivity contribution in [3.63, 3.8) is 0 Å². The topological polar surface area (TPSA) is 30.7 Å². The van der Waals surface area contributed by atoms with Gasteiger partial charge in [-0.15, -0.1) is 10.2 Å². The quantitative estimate of drug-likeness (QED) is 0.826. The molecule has 3 nitrogen and oxygen atoms in total. The summed E-state index contributed by atoms with van der Waals surface area (Å²) in [6, 6.07) is 3.24. The van der Waals surface area contributed by atoms with Crippen LogP contribution in [0.4, 0.5) is 8.78 Å². The summed E-state index contributed by atoms with van der Waals surface area (Å²) in [4.78, 5) is 0. The van der Waals surface area contributed by atoms with Crippen molar-refractivity contribution in [2.75, 3.05) is 0 Å². The predicted molar refractivity (Wildman–Crippen MR) is 58.3 cm³/mol. The first-order valence-corrected chi connectivity index (χ1v) is 5.60. The Balaban J connectivity index is 2.16. The van der Waals surface area contributed by atoms with Crippen LogP contribution in [0, 0.1) is 11.6 Å². The molecule has 1 heterocycles. The lowest BCUT2D eigenvalue weighted by Crippen LogP contribution is -2.01. The van der Waals surface area contributed by atoms with E-state index in [0.717, 1.165) is 18.9 Å². The molecule has 0 spiro atoms. The summed E-state index contributed by atoms with van der Waals surface area (Å²) >= 11 is 5.90. The van der Waals surface area contributed by atoms with E-state index in [1.165, 1.54) is 16.7 Å². The largest absolute Gasteiger partial charge is 0.269 e. The number of benzene rings is 1. The maximum Gasteiger partial charge on any atom is 0.229 e. The second-order valence-electron chi connectivity index (χ2n) is 4.06. The number of nitrogens with zero attached hydrogens (tertiary/aromatic N) is 3. The van der Waals surface area contributed by atoms with Gasteiger partial charge in [-0.05, 0) is 36.6 Å². The van der Waals surface area contributed by atoms with Crippen LogP contribution in [0.3, 0.4) is 0 Å². The Kier molecular flexibility index (Phi) is 2.36. The predicted octanol–water partition coefficient (Wildman–Crippen LogP) is 3.08. The van der Waals surface area contributed by atoms with E-state index in [0.29, 0.717) is 17.4 Å². The van der Waals surface area contributed by atoms with Gasteiger partial charge in [0.1, 0.15) is 17.5 Å². The summed E-state index contributed by atoms with van der Waals surface area (Å²) in [5, 5.41) is 7.82. The van der Waals surface area contributed by atoms with E-state index in [4.69, 9.17) is 11.6 Å². The highest BCUT2D eigenvalue weighted by molar-refractivity contribution is 6.28. The zero-order chi connectivity index (χ0) is 12.0. The van der Waals surface area contributed by atoms with E-state index in [2.05, 4.69) is 10.2 Å². The molecule has 6 heteroatoms. The van der Waals surface area contributed by atoms with Gasteiger partial charge in [-0.1, -0.05) is 0 Å². The molecule has 0 aliphatic heterocycles. The molecule has 0 bridgehead atoms. The SMILES string of the molecule is Fc1cc(F)cc(-n2c(Cl)nnc2C2CC2)c1. The van der Waals surface area contributed by atoms with E-state index in [1.807, 2.05) is 0 Å². The Hall–Kier alpha value is -1.49. The molecular weight excluding hydrogens is 248 g/mol. The van der Waals surface area contributed by atoms with Crippen LogP contribution in [0.5, 0.6) is 0 Å². The van der Waals surface area contributed by atoms with Crippen LogP contribution in [0.2, 0.25) is 5.28 Å². The molecule has 0 unspecified atom stereocenters. The fourth-order valence-electron chi connectivity index (χ4n) is 1.79. The van der Waals surface area contributed by atoms with E-state index >= 15 is 0 Å². The van der Waals surface area contributed by atoms with Gasteiger partial charge in [0.2, 0.25) is 5.28 Å². The summed E-state index contributed by atoms with van der Waals surface area (Å²) in [7, 11) is 0. The second-order valence-corrected chi connectivity index (χ2v) is 4.40. The first kappa shape index (κ1) is 10.7. The lowest BCUT2D eigenvalue weighted by molar-refractivity contribution is 0.581. The van der Waals surface area contributed by atoms with Gasteiger partial charge in [-0.2, -0.15) is 0 Å². The fourth-order valence-corrected chi connectivity index (χ4v) is 2.01. The van der Waals surface area contributed by atoms with Gasteiger partial charge in [0.05, 0.1) is 5.69 Å². The average Bonchev–Trinajstić information content (AvgIpc) is 3.01. The third-order valence-corrected chi connectivity index (χ3v) is 2.94. The van der Waals surface area contributed by atoms with Crippen molar-refractivity contribution in [3.8, 4) is 5.69 Å². The zero-order valence-corrected chi connectivity index (χ0v) is 9.46. The minimum absolute atomic E-state index is 0.122. The molecule has 0 saturated heterocycles. The number of halogens is 3. The van der Waals surface area contributed by atoms with Crippen molar-refractivity contribution in [2.45, 2.75) is 18.8 Å². The standard InChI is InChI=1S/C11H8ClF2N3/c12-11-16-15-10(6-1-2-6)17(11)9-4-7(13)3-8(14)5-9/h3-6H,1-2H2. The minimum atomic E-state index is -0.647. The highest BCUT2D eigenvalue weighted by Crippen LogP contribution is 2.40. The van der Waals surface area contributed by atoms with Gasteiger partial charge in [0, 0.05) is 12.0 Å². The van der Waals surface area contributed by atoms with Gasteiger partial charge in [-0.3, -0.25) is 4.57 Å². The van der Waals surface area contributed by atoms with Gasteiger partial charge < -0.3 is 0 Å². The van der Waals surface area contributed by atoms with Crippen molar-refractivity contribution in [1.29, 1.82) is 0 Å². The van der Waals surface area contributed by atoms with Gasteiger partial charge in [-0.25, -0.2) is 8.78 Å². The molecule has 1 aliphatic carbocycles. The number of hydrogen-bond acceptors (Lipinski definition) is 2. The third kappa shape index (κ3) is 1.91. The molecule has 88 valence electrons. The maximum atomic E-state index is 13.2. The van der Waals surface area contributed by atoms with Crippen LogP contribution in [-0.4, -0.2) is 14.8 Å². The molecule has 1 aliphatic rings. The van der Waals surface area contributed by atoms with Crippen molar-refractivity contribution in [3.05, 3.63) is 40.9 Å². The van der Waals surface area contributed by atoms with E-state index in [1.54, 1.807) is 0 Å². The Labute approximate surface area is 101 Å². The molecule has 2 aromatic rings. The molecule has 17 heavy (non-hydrogen) atoms. The van der Waals surface area contributed by atoms with E-state index < -0.39 is 11.6 Å². The number of rotatable bonds is 2. The summed E-state index contributed by atoms with van der Waals surface area (Å²) in [6.45, 7) is 0. The maximum absolute atomic E-state index is 13.2. The molecule has 1 aromatic carbocycles. The zero-order valence-electron chi connectivity index (χ0n) is 8.70. The molecule has 0 amide bonds. The highest BCUT2D eigenvalue weighted by Gasteiger charge is 2.30. The van der Waals surface area contributed by atoms with Gasteiger partial charge in [0.25, 0.3) is 0 Å². The molecule has 0 N–H and O–H groups in total. The molecule has 3 rings (SSSR count). The Morgan fingerprint density at radius 1 is 1.12 bits per heavy atom. The Morgan fingerprint density at radius 3 is 2.35 bits per heavy atom. The monoisotopic (exact) mass is 255 g/mol. The minimum Gasteiger partial charge on any atom is -0.269 e. The molecule has 1 saturated carbocycles. The third-order valence-electron chi connectivity index (χ3n) is 2.70. The molecular formula is C11H8ClF2N3. The van der Waals surface area contributed by atoms with Crippen LogP contribution in [0.25, 0.3) is 5.69 Å². The highest BCUT2D eigenvalue weighted by atomic mass is 35.5. The summed E-state index contributed by atoms with van der Waals surface area (Å²) < 4.78 is 27.8. The van der Waals surface area contributed by atoms with Crippen LogP contribution in [-0.2, 0) is 0 Å². The first-order chi connectivity index (χ1) is 8.15. The molecule has 0 atom stereocenters. The summed E-state index contributed by atoms with van der Waals surface area (Å²) in [5.74, 6) is -0.334. The lowest BCUT2D eigenvalue weighted by Gasteiger charge is -2.07. The first-order valence-electron chi connectivity index (χ1n) is 5.22. The van der Waals surface area contributed by atoms with Crippen molar-refractivity contribution in [2.24, 2.45) is 0 Å². The normalized spacial score (nSPS) is 15.2. The van der Waals surface area contributed by atoms with Gasteiger partial charge in [0.15, 0.2) is 0 Å². The summed E-state index contributed by atoms with van der Waals surface area (Å²) in [5.41, 5.74) is 0.319. The average molecular weight is 256 g/mol. The van der Waals surface area contributed by atoms with Crippen LogP contribution in [0.15, 0.2) is 18.2 Å². The van der Waals surface area contributed by atoms with Crippen LogP contribution >= 0.6 is 11.6 Å². The number of aromatic nitrogens is 3. The Morgan fingerprint density at radius 2 is 1.76 bits per heavy atom. The van der Waals surface area contributed by atoms with Gasteiger partial charge >= 0.3 is 0 Å². The van der Waals surface area contributed by atoms with Crippen molar-refractivity contribution in [1.82, 2.24) is 14.8 Å². The van der Waals surface area contributed by atoms with E-state index in [-0.39, 0.29) is 5.28 Å². The van der Waals surface area contributed by atoms with Crippen molar-refractivity contribution >= 4 is 11.6 Å². The molecule has 1 fully saturated rings. The number of hydrogen-bond donors (Lipinski definition) is 0.